The van der Waals surface area contributed by atoms with Gasteiger partial charge < -0.3 is 4.74 Å². The van der Waals surface area contributed by atoms with Crippen LogP contribution in [0.3, 0.4) is 0 Å². The Kier molecular flexibility index (Phi) is 2.68. The molecule has 0 saturated carbocycles. The third-order valence-corrected chi connectivity index (χ3v) is 2.46. The number of carbonyl (C=O) groups excluding carboxylic acids is 1. The highest BCUT2D eigenvalue weighted by Gasteiger charge is 2.15. The zero-order valence-corrected chi connectivity index (χ0v) is 9.56. The highest BCUT2D eigenvalue weighted by atomic mass is 79.9. The van der Waals surface area contributed by atoms with E-state index in [1.54, 1.807) is 23.6 Å². The van der Waals surface area contributed by atoms with Gasteiger partial charge >= 0.3 is 5.97 Å². The van der Waals surface area contributed by atoms with Crippen LogP contribution in [0.5, 0.6) is 0 Å². The van der Waals surface area contributed by atoms with Gasteiger partial charge in [-0.3, -0.25) is 4.40 Å². The summed E-state index contributed by atoms with van der Waals surface area (Å²) in [5.74, 6) is -0.281. The minimum atomic E-state index is -0.469. The molecule has 0 spiro atoms. The molecule has 0 aliphatic heterocycles. The highest BCUT2D eigenvalue weighted by molar-refractivity contribution is 9.10. The summed E-state index contributed by atoms with van der Waals surface area (Å²) in [6.45, 7) is 2.07. The molecule has 2 heterocycles. The van der Waals surface area contributed by atoms with Crippen molar-refractivity contribution < 1.29 is 9.53 Å². The van der Waals surface area contributed by atoms with Crippen LogP contribution in [-0.2, 0) is 4.74 Å². The van der Waals surface area contributed by atoms with Crippen molar-refractivity contribution in [1.82, 2.24) is 14.6 Å². The number of rotatable bonds is 2. The van der Waals surface area contributed by atoms with E-state index in [-0.39, 0.29) is 5.82 Å². The Morgan fingerprint density at radius 1 is 1.60 bits per heavy atom. The molecular weight excluding hydrogens is 262 g/mol. The lowest BCUT2D eigenvalue weighted by molar-refractivity contribution is 0.0510. The van der Waals surface area contributed by atoms with E-state index in [9.17, 15) is 4.79 Å². The first-order chi connectivity index (χ1) is 7.24. The number of nitrogens with zero attached hydrogens (tertiary/aromatic N) is 3. The fourth-order valence-corrected chi connectivity index (χ4v) is 1.64. The van der Waals surface area contributed by atoms with E-state index < -0.39 is 5.97 Å². The molecule has 15 heavy (non-hydrogen) atoms. The molecule has 0 saturated heterocycles. The Bertz CT molecular complexity index is 509. The molecule has 0 aromatic carbocycles. The summed E-state index contributed by atoms with van der Waals surface area (Å²) in [5, 5.41) is 7.67. The molecule has 2 rings (SSSR count). The first-order valence-corrected chi connectivity index (χ1v) is 5.19. The second-order valence-electron chi connectivity index (χ2n) is 2.79. The summed E-state index contributed by atoms with van der Waals surface area (Å²) in [6, 6.07) is 3.63. The van der Waals surface area contributed by atoms with Gasteiger partial charge in [-0.15, -0.1) is 10.2 Å². The van der Waals surface area contributed by atoms with E-state index in [1.165, 1.54) is 0 Å². The third-order valence-electron chi connectivity index (χ3n) is 1.85. The van der Waals surface area contributed by atoms with E-state index in [4.69, 9.17) is 4.74 Å². The van der Waals surface area contributed by atoms with Gasteiger partial charge in [0.05, 0.1) is 11.1 Å². The summed E-state index contributed by atoms with van der Waals surface area (Å²) in [4.78, 5) is 11.5. The molecule has 0 unspecified atom stereocenters. The Labute approximate surface area is 94.2 Å². The molecule has 0 radical (unpaired) electrons. The van der Waals surface area contributed by atoms with Gasteiger partial charge in [-0.2, -0.15) is 0 Å². The lowest BCUT2D eigenvalue weighted by Gasteiger charge is -1.99. The third kappa shape index (κ3) is 1.72. The van der Waals surface area contributed by atoms with Crippen LogP contribution in [0.15, 0.2) is 22.8 Å². The number of fused-ring (bicyclic) bond motifs is 1. The monoisotopic (exact) mass is 269 g/mol. The highest BCUT2D eigenvalue weighted by Crippen LogP contribution is 2.16. The molecular formula is C9H8BrN3O2. The number of halogens is 1. The van der Waals surface area contributed by atoms with E-state index in [1.807, 2.05) is 6.07 Å². The number of pyridine rings is 1. The standard InChI is InChI=1S/C9H8BrN3O2/c1-2-15-9(14)8-12-11-7-6(10)4-3-5-13(7)8/h3-5H,2H2,1H3. The molecule has 0 N–H and O–H groups in total. The molecule has 2 aromatic rings. The molecule has 2 aromatic heterocycles. The molecule has 0 aliphatic rings. The van der Waals surface area contributed by atoms with Crippen LogP contribution < -0.4 is 0 Å². The zero-order valence-electron chi connectivity index (χ0n) is 7.98. The van der Waals surface area contributed by atoms with Crippen LogP contribution >= 0.6 is 15.9 Å². The first-order valence-electron chi connectivity index (χ1n) is 4.40. The number of ether oxygens (including phenoxy) is 1. The average molecular weight is 270 g/mol. The SMILES string of the molecule is CCOC(=O)c1nnc2c(Br)cccn12. The quantitative estimate of drug-likeness (QED) is 0.779. The molecule has 0 aliphatic carbocycles. The topological polar surface area (TPSA) is 56.5 Å². The summed E-state index contributed by atoms with van der Waals surface area (Å²) in [5.41, 5.74) is 0.598. The van der Waals surface area contributed by atoms with Crippen molar-refractivity contribution in [3.8, 4) is 0 Å². The molecule has 0 atom stereocenters. The van der Waals surface area contributed by atoms with Crippen LogP contribution in [0.25, 0.3) is 5.65 Å². The predicted molar refractivity (Wildman–Crippen MR) is 56.6 cm³/mol. The second-order valence-corrected chi connectivity index (χ2v) is 3.65. The molecule has 6 heteroatoms. The maximum Gasteiger partial charge on any atom is 0.376 e. The van der Waals surface area contributed by atoms with Crippen molar-refractivity contribution in [1.29, 1.82) is 0 Å². The maximum atomic E-state index is 11.5. The lowest BCUT2D eigenvalue weighted by atomic mass is 10.4. The van der Waals surface area contributed by atoms with Gasteiger partial charge in [-0.25, -0.2) is 4.79 Å². The van der Waals surface area contributed by atoms with Crippen LogP contribution in [0, 0.1) is 0 Å². The van der Waals surface area contributed by atoms with Crippen molar-refractivity contribution >= 4 is 27.5 Å². The number of carbonyl (C=O) groups is 1. The zero-order chi connectivity index (χ0) is 10.8. The van der Waals surface area contributed by atoms with Crippen LogP contribution in [-0.4, -0.2) is 27.2 Å². The Balaban J connectivity index is 2.54. The van der Waals surface area contributed by atoms with Crippen molar-refractivity contribution in [3.05, 3.63) is 28.6 Å². The molecule has 5 nitrogen and oxygen atoms in total. The normalized spacial score (nSPS) is 10.5. The minimum absolute atomic E-state index is 0.188. The Morgan fingerprint density at radius 3 is 3.13 bits per heavy atom. The number of esters is 1. The molecule has 0 fully saturated rings. The maximum absolute atomic E-state index is 11.5. The van der Waals surface area contributed by atoms with Gasteiger partial charge in [0.25, 0.3) is 0 Å². The van der Waals surface area contributed by atoms with E-state index in [2.05, 4.69) is 26.1 Å². The lowest BCUT2D eigenvalue weighted by Crippen LogP contribution is -2.09. The van der Waals surface area contributed by atoms with Crippen molar-refractivity contribution in [2.24, 2.45) is 0 Å². The van der Waals surface area contributed by atoms with Crippen LogP contribution in [0.4, 0.5) is 0 Å². The van der Waals surface area contributed by atoms with Gasteiger partial charge in [0, 0.05) is 6.20 Å². The van der Waals surface area contributed by atoms with Gasteiger partial charge in [-0.1, -0.05) is 0 Å². The van der Waals surface area contributed by atoms with Gasteiger partial charge in [-0.05, 0) is 35.0 Å². The Morgan fingerprint density at radius 2 is 2.40 bits per heavy atom. The van der Waals surface area contributed by atoms with Crippen LogP contribution in [0.2, 0.25) is 0 Å². The average Bonchev–Trinajstić information content (AvgIpc) is 2.63. The van der Waals surface area contributed by atoms with Crippen LogP contribution in [0.1, 0.15) is 17.5 Å². The van der Waals surface area contributed by atoms with Gasteiger partial charge in [0.15, 0.2) is 5.65 Å². The first kappa shape index (κ1) is 10.1. The van der Waals surface area contributed by atoms with Gasteiger partial charge in [0.1, 0.15) is 0 Å². The van der Waals surface area contributed by atoms with Crippen molar-refractivity contribution in [2.45, 2.75) is 6.92 Å². The van der Waals surface area contributed by atoms with Gasteiger partial charge in [0.2, 0.25) is 5.82 Å². The summed E-state index contributed by atoms with van der Waals surface area (Å²) < 4.78 is 7.23. The van der Waals surface area contributed by atoms with Crippen molar-refractivity contribution in [3.63, 3.8) is 0 Å². The largest absolute Gasteiger partial charge is 0.460 e. The smallest absolute Gasteiger partial charge is 0.376 e. The number of hydrogen-bond donors (Lipinski definition) is 0. The number of hydrogen-bond acceptors (Lipinski definition) is 4. The molecule has 78 valence electrons. The van der Waals surface area contributed by atoms with E-state index in [0.717, 1.165) is 4.47 Å². The second kappa shape index (κ2) is 3.98. The summed E-state index contributed by atoms with van der Waals surface area (Å²) in [6.07, 6.45) is 1.71. The predicted octanol–water partition coefficient (Wildman–Crippen LogP) is 1.67. The molecule has 0 amide bonds. The number of aromatic nitrogens is 3. The minimum Gasteiger partial charge on any atom is -0.460 e. The summed E-state index contributed by atoms with van der Waals surface area (Å²) in [7, 11) is 0. The fourth-order valence-electron chi connectivity index (χ4n) is 1.22. The fraction of sp³-hybridized carbons (Fsp3) is 0.222. The van der Waals surface area contributed by atoms with E-state index in [0.29, 0.717) is 12.3 Å². The summed E-state index contributed by atoms with van der Waals surface area (Å²) >= 11 is 3.32. The van der Waals surface area contributed by atoms with E-state index >= 15 is 0 Å². The van der Waals surface area contributed by atoms with Crippen molar-refractivity contribution in [2.75, 3.05) is 6.61 Å². The Hall–Kier alpha value is -1.43. The molecule has 0 bridgehead atoms.